The molecule has 0 amide bonds. The van der Waals surface area contributed by atoms with Crippen molar-refractivity contribution in [3.05, 3.63) is 82.4 Å². The van der Waals surface area contributed by atoms with Gasteiger partial charge in [0.05, 0.1) is 0 Å². The summed E-state index contributed by atoms with van der Waals surface area (Å²) in [4.78, 5) is 0. The van der Waals surface area contributed by atoms with Crippen LogP contribution in [0.1, 0.15) is 100 Å². The van der Waals surface area contributed by atoms with Crippen LogP contribution < -0.4 is 0 Å². The minimum absolute atomic E-state index is 0.520. The molecule has 2 aromatic carbocycles. The summed E-state index contributed by atoms with van der Waals surface area (Å²) in [6, 6.07) is 16.4. The monoisotopic (exact) mass is 390 g/mol. The van der Waals surface area contributed by atoms with Gasteiger partial charge < -0.3 is 0 Å². The maximum absolute atomic E-state index is 4.13. The normalized spacial score (nSPS) is 12.8. The molecule has 0 unspecified atom stereocenters. The van der Waals surface area contributed by atoms with Gasteiger partial charge in [0.15, 0.2) is 0 Å². The van der Waals surface area contributed by atoms with Crippen molar-refractivity contribution in [1.29, 1.82) is 0 Å². The van der Waals surface area contributed by atoms with E-state index in [1.165, 1.54) is 40.7 Å². The Morgan fingerprint density at radius 2 is 1.45 bits per heavy atom. The van der Waals surface area contributed by atoms with Gasteiger partial charge >= 0.3 is 0 Å². The van der Waals surface area contributed by atoms with Crippen LogP contribution in [0.25, 0.3) is 0 Å². The molecule has 0 spiro atoms. The summed E-state index contributed by atoms with van der Waals surface area (Å²) >= 11 is 0. The van der Waals surface area contributed by atoms with Crippen LogP contribution in [-0.2, 0) is 6.42 Å². The average Bonchev–Trinajstić information content (AvgIpc) is 2.61. The predicted molar refractivity (Wildman–Crippen MR) is 130 cm³/mol. The van der Waals surface area contributed by atoms with E-state index in [0.717, 1.165) is 12.8 Å². The van der Waals surface area contributed by atoms with Gasteiger partial charge in [0.2, 0.25) is 0 Å². The highest BCUT2D eigenvalue weighted by Crippen LogP contribution is 2.35. The zero-order valence-electron chi connectivity index (χ0n) is 19.9. The molecular weight excluding hydrogens is 348 g/mol. The van der Waals surface area contributed by atoms with E-state index >= 15 is 0 Å². The molecule has 0 aliphatic heterocycles. The molecule has 0 N–H and O–H groups in total. The van der Waals surface area contributed by atoms with E-state index in [1.807, 2.05) is 0 Å². The molecule has 0 nitrogen and oxygen atoms in total. The molecule has 1 atom stereocenters. The van der Waals surface area contributed by atoms with E-state index in [1.54, 1.807) is 5.56 Å². The Kier molecular flexibility index (Phi) is 8.75. The molecule has 0 aliphatic carbocycles. The molecule has 0 saturated heterocycles. The smallest absolute Gasteiger partial charge is 0.00228 e. The third-order valence-corrected chi connectivity index (χ3v) is 5.86. The predicted octanol–water partition coefficient (Wildman–Crippen LogP) is 8.83. The zero-order valence-corrected chi connectivity index (χ0v) is 19.9. The van der Waals surface area contributed by atoms with Crippen molar-refractivity contribution in [3.63, 3.8) is 0 Å². The highest BCUT2D eigenvalue weighted by Gasteiger charge is 2.20. The SMILES string of the molecule is C=C(C)C[C@@H](C)c1ccc(C(CC(C)C)CC(C)C)c(Cc2ccc(C)cc2)c1. The quantitative estimate of drug-likeness (QED) is 0.355. The highest BCUT2D eigenvalue weighted by molar-refractivity contribution is 5.40. The van der Waals surface area contributed by atoms with Gasteiger partial charge in [-0.1, -0.05) is 88.2 Å². The van der Waals surface area contributed by atoms with E-state index in [2.05, 4.69) is 97.5 Å². The first-order valence-corrected chi connectivity index (χ1v) is 11.5. The Balaban J connectivity index is 2.46. The van der Waals surface area contributed by atoms with Crippen molar-refractivity contribution < 1.29 is 0 Å². The second kappa shape index (κ2) is 10.8. The maximum Gasteiger partial charge on any atom is -0.00228 e. The molecule has 0 heteroatoms. The first-order chi connectivity index (χ1) is 13.7. The van der Waals surface area contributed by atoms with Gasteiger partial charge in [-0.25, -0.2) is 0 Å². The van der Waals surface area contributed by atoms with E-state index in [0.29, 0.717) is 23.7 Å². The molecule has 158 valence electrons. The molecule has 0 aromatic heterocycles. The first-order valence-electron chi connectivity index (χ1n) is 11.5. The van der Waals surface area contributed by atoms with Crippen molar-refractivity contribution in [3.8, 4) is 0 Å². The Morgan fingerprint density at radius 1 is 0.862 bits per heavy atom. The fraction of sp³-hybridized carbons (Fsp3) is 0.517. The van der Waals surface area contributed by atoms with Crippen LogP contribution in [0.2, 0.25) is 0 Å². The van der Waals surface area contributed by atoms with Crippen molar-refractivity contribution in [2.75, 3.05) is 0 Å². The third-order valence-electron chi connectivity index (χ3n) is 5.86. The molecule has 0 bridgehead atoms. The number of allylic oxidation sites excluding steroid dienone is 1. The summed E-state index contributed by atoms with van der Waals surface area (Å²) in [7, 11) is 0. The number of hydrogen-bond donors (Lipinski definition) is 0. The van der Waals surface area contributed by atoms with Crippen LogP contribution in [0.5, 0.6) is 0 Å². The molecule has 0 saturated carbocycles. The standard InChI is InChI=1S/C29H42/c1-20(2)15-24(8)26-13-14-29(27(16-21(3)4)17-22(5)6)28(19-26)18-25-11-9-23(7)10-12-25/h9-14,19,21-22,24,27H,1,15-18H2,2-8H3/t24-/m1/s1. The van der Waals surface area contributed by atoms with Gasteiger partial charge in [0, 0.05) is 0 Å². The van der Waals surface area contributed by atoms with E-state index in [4.69, 9.17) is 0 Å². The number of hydrogen-bond acceptors (Lipinski definition) is 0. The van der Waals surface area contributed by atoms with Crippen LogP contribution >= 0.6 is 0 Å². The summed E-state index contributed by atoms with van der Waals surface area (Å²) < 4.78 is 0. The first kappa shape index (κ1) is 23.5. The van der Waals surface area contributed by atoms with Crippen LogP contribution in [-0.4, -0.2) is 0 Å². The van der Waals surface area contributed by atoms with E-state index < -0.39 is 0 Å². The van der Waals surface area contributed by atoms with Gasteiger partial charge in [0.25, 0.3) is 0 Å². The molecule has 2 rings (SSSR count). The lowest BCUT2D eigenvalue weighted by Crippen LogP contribution is -2.10. The molecule has 0 heterocycles. The second-order valence-corrected chi connectivity index (χ2v) is 10.1. The van der Waals surface area contributed by atoms with Crippen LogP contribution in [0, 0.1) is 18.8 Å². The molecular formula is C29H42. The summed E-state index contributed by atoms with van der Waals surface area (Å²) in [5.74, 6) is 2.59. The summed E-state index contributed by atoms with van der Waals surface area (Å²) in [5.41, 5.74) is 8.54. The topological polar surface area (TPSA) is 0 Å². The van der Waals surface area contributed by atoms with E-state index in [-0.39, 0.29) is 0 Å². The maximum atomic E-state index is 4.13. The number of rotatable bonds is 10. The largest absolute Gasteiger partial charge is 0.100 e. The lowest BCUT2D eigenvalue weighted by Gasteiger charge is -2.26. The lowest BCUT2D eigenvalue weighted by atomic mass is 9.79. The Labute approximate surface area is 180 Å². The zero-order chi connectivity index (χ0) is 21.6. The minimum atomic E-state index is 0.520. The van der Waals surface area contributed by atoms with Crippen LogP contribution in [0.15, 0.2) is 54.6 Å². The second-order valence-electron chi connectivity index (χ2n) is 10.1. The summed E-state index contributed by atoms with van der Waals surface area (Å²) in [6.45, 7) is 20.2. The minimum Gasteiger partial charge on any atom is -0.100 e. The van der Waals surface area contributed by atoms with Crippen molar-refractivity contribution >= 4 is 0 Å². The van der Waals surface area contributed by atoms with Crippen LogP contribution in [0.4, 0.5) is 0 Å². The molecule has 0 aliphatic rings. The average molecular weight is 391 g/mol. The number of benzene rings is 2. The van der Waals surface area contributed by atoms with Gasteiger partial charge in [-0.15, -0.1) is 6.58 Å². The molecule has 29 heavy (non-hydrogen) atoms. The molecule has 2 aromatic rings. The fourth-order valence-corrected chi connectivity index (χ4v) is 4.54. The Hall–Kier alpha value is -1.82. The third kappa shape index (κ3) is 7.50. The summed E-state index contributed by atoms with van der Waals surface area (Å²) in [6.07, 6.45) is 4.61. The number of aryl methyl sites for hydroxylation is 1. The van der Waals surface area contributed by atoms with Crippen LogP contribution in [0.3, 0.4) is 0 Å². The van der Waals surface area contributed by atoms with Gasteiger partial charge in [-0.05, 0) is 85.5 Å². The Bertz CT molecular complexity index is 766. The molecule has 0 radical (unpaired) electrons. The lowest BCUT2D eigenvalue weighted by molar-refractivity contribution is 0.422. The van der Waals surface area contributed by atoms with Crippen molar-refractivity contribution in [1.82, 2.24) is 0 Å². The fourth-order valence-electron chi connectivity index (χ4n) is 4.54. The van der Waals surface area contributed by atoms with Gasteiger partial charge in [0.1, 0.15) is 0 Å². The highest BCUT2D eigenvalue weighted by atomic mass is 14.2. The van der Waals surface area contributed by atoms with E-state index in [9.17, 15) is 0 Å². The van der Waals surface area contributed by atoms with Crippen molar-refractivity contribution in [2.24, 2.45) is 11.8 Å². The summed E-state index contributed by atoms with van der Waals surface area (Å²) in [5, 5.41) is 0. The Morgan fingerprint density at radius 3 is 1.97 bits per heavy atom. The van der Waals surface area contributed by atoms with Gasteiger partial charge in [-0.3, -0.25) is 0 Å². The van der Waals surface area contributed by atoms with Crippen molar-refractivity contribution in [2.45, 2.75) is 86.0 Å². The van der Waals surface area contributed by atoms with Gasteiger partial charge in [-0.2, -0.15) is 0 Å². The molecule has 0 fully saturated rings.